The average Bonchev–Trinajstić information content (AvgIpc) is 3.19. The molecule has 7 heteroatoms. The summed E-state index contributed by atoms with van der Waals surface area (Å²) in [4.78, 5) is 12.0. The van der Waals surface area contributed by atoms with E-state index in [0.717, 1.165) is 56.2 Å². The zero-order chi connectivity index (χ0) is 13.4. The lowest BCUT2D eigenvalue weighted by Crippen LogP contribution is -2.28. The molecule has 2 aliphatic rings. The molecule has 0 radical (unpaired) electrons. The molecule has 106 valence electrons. The largest absolute Gasteiger partial charge is 0.381 e. The van der Waals surface area contributed by atoms with Crippen molar-refractivity contribution >= 4 is 0 Å². The van der Waals surface area contributed by atoms with Gasteiger partial charge in [-0.2, -0.15) is 4.98 Å². The molecule has 4 rings (SSSR count). The normalized spacial score (nSPS) is 25.8. The van der Waals surface area contributed by atoms with Crippen molar-refractivity contribution in [1.29, 1.82) is 0 Å². The Hall–Kier alpha value is -1.73. The fraction of sp³-hybridized carbons (Fsp3) is 0.615. The van der Waals surface area contributed by atoms with E-state index in [-0.39, 0.29) is 6.04 Å². The Bertz CT molecular complexity index is 587. The Kier molecular flexibility index (Phi) is 3.00. The number of hydrogen-bond donors (Lipinski definition) is 2. The lowest BCUT2D eigenvalue weighted by molar-refractivity contribution is 0.185. The highest BCUT2D eigenvalue weighted by molar-refractivity contribution is 5.17. The van der Waals surface area contributed by atoms with Gasteiger partial charge in [-0.1, -0.05) is 5.16 Å². The number of rotatable bonds is 3. The van der Waals surface area contributed by atoms with Gasteiger partial charge in [0, 0.05) is 32.6 Å². The monoisotopic (exact) mass is 275 g/mol. The van der Waals surface area contributed by atoms with E-state index in [1.54, 1.807) is 6.33 Å². The number of imidazole rings is 1. The van der Waals surface area contributed by atoms with Crippen LogP contribution in [0.3, 0.4) is 0 Å². The van der Waals surface area contributed by atoms with Crippen molar-refractivity contribution < 1.29 is 9.26 Å². The Morgan fingerprint density at radius 2 is 2.40 bits per heavy atom. The van der Waals surface area contributed by atoms with Gasteiger partial charge in [-0.3, -0.25) is 5.32 Å². The summed E-state index contributed by atoms with van der Waals surface area (Å²) >= 11 is 0. The van der Waals surface area contributed by atoms with Crippen LogP contribution in [0.15, 0.2) is 10.9 Å². The predicted molar refractivity (Wildman–Crippen MR) is 68.8 cm³/mol. The smallest absolute Gasteiger partial charge is 0.244 e. The quantitative estimate of drug-likeness (QED) is 0.859. The molecule has 2 N–H and O–H groups in total. The molecular weight excluding hydrogens is 258 g/mol. The maximum atomic E-state index is 5.40. The molecular formula is C13H17N5O2. The summed E-state index contributed by atoms with van der Waals surface area (Å²) in [6, 6.07) is 0.0619. The number of hydrogen-bond acceptors (Lipinski definition) is 6. The van der Waals surface area contributed by atoms with E-state index < -0.39 is 0 Å². The van der Waals surface area contributed by atoms with E-state index in [9.17, 15) is 0 Å². The van der Waals surface area contributed by atoms with Crippen molar-refractivity contribution in [2.24, 2.45) is 5.92 Å². The van der Waals surface area contributed by atoms with Crippen LogP contribution in [0.4, 0.5) is 0 Å². The van der Waals surface area contributed by atoms with Gasteiger partial charge in [0.15, 0.2) is 5.82 Å². The Morgan fingerprint density at radius 1 is 1.40 bits per heavy atom. The topological polar surface area (TPSA) is 88.9 Å². The third-order valence-electron chi connectivity index (χ3n) is 4.01. The number of ether oxygens (including phenoxy) is 1. The van der Waals surface area contributed by atoms with Crippen LogP contribution in [0.5, 0.6) is 0 Å². The summed E-state index contributed by atoms with van der Waals surface area (Å²) in [5.41, 5.74) is 2.22. The molecule has 7 nitrogen and oxygen atoms in total. The third kappa shape index (κ3) is 2.23. The lowest BCUT2D eigenvalue weighted by Gasteiger charge is -2.19. The van der Waals surface area contributed by atoms with Crippen molar-refractivity contribution in [2.75, 3.05) is 13.2 Å². The number of nitrogens with one attached hydrogen (secondary N) is 2. The molecule has 2 aliphatic heterocycles. The van der Waals surface area contributed by atoms with Crippen molar-refractivity contribution in [3.05, 3.63) is 29.4 Å². The van der Waals surface area contributed by atoms with E-state index >= 15 is 0 Å². The predicted octanol–water partition coefficient (Wildman–Crippen LogP) is 0.759. The SMILES string of the molecule is c1nc2c([nH]1)CNC(c1nc(CC3CCOC3)no1)C2. The zero-order valence-corrected chi connectivity index (χ0v) is 11.1. The summed E-state index contributed by atoms with van der Waals surface area (Å²) in [6.45, 7) is 2.41. The average molecular weight is 275 g/mol. The first-order chi connectivity index (χ1) is 9.88. The van der Waals surface area contributed by atoms with Crippen LogP contribution in [0.25, 0.3) is 0 Å². The first-order valence-corrected chi connectivity index (χ1v) is 7.03. The second-order valence-corrected chi connectivity index (χ2v) is 5.45. The molecule has 0 spiro atoms. The second-order valence-electron chi connectivity index (χ2n) is 5.45. The molecule has 2 unspecified atom stereocenters. The van der Waals surface area contributed by atoms with Crippen molar-refractivity contribution in [1.82, 2.24) is 25.4 Å². The van der Waals surface area contributed by atoms with E-state index in [4.69, 9.17) is 9.26 Å². The van der Waals surface area contributed by atoms with Gasteiger partial charge in [0.25, 0.3) is 0 Å². The van der Waals surface area contributed by atoms with Crippen LogP contribution in [0.1, 0.15) is 35.6 Å². The summed E-state index contributed by atoms with van der Waals surface area (Å²) in [7, 11) is 0. The van der Waals surface area contributed by atoms with Gasteiger partial charge in [-0.25, -0.2) is 4.98 Å². The molecule has 0 aliphatic carbocycles. The van der Waals surface area contributed by atoms with Crippen LogP contribution >= 0.6 is 0 Å². The Morgan fingerprint density at radius 3 is 3.30 bits per heavy atom. The van der Waals surface area contributed by atoms with Gasteiger partial charge in [0.05, 0.1) is 23.8 Å². The molecule has 1 saturated heterocycles. The first kappa shape index (κ1) is 12.0. The van der Waals surface area contributed by atoms with Gasteiger partial charge in [0.2, 0.25) is 5.89 Å². The first-order valence-electron chi connectivity index (χ1n) is 7.03. The summed E-state index contributed by atoms with van der Waals surface area (Å²) < 4.78 is 10.8. The second kappa shape index (κ2) is 4.99. The van der Waals surface area contributed by atoms with Gasteiger partial charge in [-0.15, -0.1) is 0 Å². The molecule has 0 saturated carbocycles. The molecule has 2 aromatic rings. The fourth-order valence-corrected chi connectivity index (χ4v) is 2.84. The Balaban J connectivity index is 1.45. The molecule has 0 aromatic carbocycles. The summed E-state index contributed by atoms with van der Waals surface area (Å²) in [5, 5.41) is 7.48. The van der Waals surface area contributed by atoms with E-state index in [1.807, 2.05) is 0 Å². The molecule has 2 atom stereocenters. The van der Waals surface area contributed by atoms with Crippen molar-refractivity contribution in [2.45, 2.75) is 31.8 Å². The minimum atomic E-state index is 0.0619. The summed E-state index contributed by atoms with van der Waals surface area (Å²) in [5.74, 6) is 1.97. The van der Waals surface area contributed by atoms with E-state index in [0.29, 0.717) is 11.8 Å². The zero-order valence-electron chi connectivity index (χ0n) is 11.1. The number of H-pyrrole nitrogens is 1. The maximum Gasteiger partial charge on any atom is 0.244 e. The fourth-order valence-electron chi connectivity index (χ4n) is 2.84. The minimum Gasteiger partial charge on any atom is -0.381 e. The van der Waals surface area contributed by atoms with E-state index in [2.05, 4.69) is 25.4 Å². The van der Waals surface area contributed by atoms with Crippen molar-refractivity contribution in [3.8, 4) is 0 Å². The highest BCUT2D eigenvalue weighted by Crippen LogP contribution is 2.23. The van der Waals surface area contributed by atoms with Crippen LogP contribution in [-0.4, -0.2) is 33.3 Å². The maximum absolute atomic E-state index is 5.40. The summed E-state index contributed by atoms with van der Waals surface area (Å²) in [6.07, 6.45) is 4.44. The van der Waals surface area contributed by atoms with Crippen LogP contribution in [-0.2, 0) is 24.1 Å². The molecule has 2 aromatic heterocycles. The van der Waals surface area contributed by atoms with Crippen molar-refractivity contribution in [3.63, 3.8) is 0 Å². The van der Waals surface area contributed by atoms with Gasteiger partial charge < -0.3 is 14.2 Å². The highest BCUT2D eigenvalue weighted by atomic mass is 16.5. The van der Waals surface area contributed by atoms with E-state index in [1.165, 1.54) is 0 Å². The standard InChI is InChI=1S/C13H17N5O2/c1-2-19-6-8(1)3-12-17-13(20-18-12)10-4-9-11(5-14-10)16-7-15-9/h7-8,10,14H,1-6H2,(H,15,16). The molecule has 0 bridgehead atoms. The molecule has 20 heavy (non-hydrogen) atoms. The molecule has 1 fully saturated rings. The van der Waals surface area contributed by atoms with Gasteiger partial charge in [0.1, 0.15) is 0 Å². The Labute approximate surface area is 116 Å². The number of fused-ring (bicyclic) bond motifs is 1. The van der Waals surface area contributed by atoms with Crippen LogP contribution < -0.4 is 5.32 Å². The van der Waals surface area contributed by atoms with Gasteiger partial charge >= 0.3 is 0 Å². The number of aromatic nitrogens is 4. The number of aromatic amines is 1. The third-order valence-corrected chi connectivity index (χ3v) is 4.01. The lowest BCUT2D eigenvalue weighted by atomic mass is 10.0. The van der Waals surface area contributed by atoms with Crippen LogP contribution in [0, 0.1) is 5.92 Å². The molecule has 0 amide bonds. The van der Waals surface area contributed by atoms with Gasteiger partial charge in [-0.05, 0) is 12.3 Å². The highest BCUT2D eigenvalue weighted by Gasteiger charge is 2.26. The molecule has 4 heterocycles. The van der Waals surface area contributed by atoms with Crippen LogP contribution in [0.2, 0.25) is 0 Å². The minimum absolute atomic E-state index is 0.0619. The number of nitrogens with zero attached hydrogens (tertiary/aromatic N) is 3.